The van der Waals surface area contributed by atoms with E-state index in [4.69, 9.17) is 4.74 Å². The van der Waals surface area contributed by atoms with Crippen molar-refractivity contribution in [1.82, 2.24) is 10.3 Å². The number of hydrogen-bond donors (Lipinski definition) is 1. The molecular weight excluding hydrogens is 372 g/mol. The normalized spacial score (nSPS) is 39.7. The lowest BCUT2D eigenvalue weighted by Gasteiger charge is -2.57. The van der Waals surface area contributed by atoms with Gasteiger partial charge in [0.2, 0.25) is 0 Å². The SMILES string of the molecule is CNC(=O)OC1CCC2(C)C(=CCC3C2CCC2(C)C(c4cccnc4)=CCC32)C1. The van der Waals surface area contributed by atoms with Crippen LogP contribution >= 0.6 is 0 Å². The van der Waals surface area contributed by atoms with E-state index in [1.807, 2.05) is 12.4 Å². The summed E-state index contributed by atoms with van der Waals surface area (Å²) in [5.41, 5.74) is 4.92. The van der Waals surface area contributed by atoms with Gasteiger partial charge in [-0.05, 0) is 84.3 Å². The molecule has 6 unspecified atom stereocenters. The Kier molecular flexibility index (Phi) is 4.79. The number of carbonyl (C=O) groups excluding carboxylic acids is 1. The molecule has 0 aromatic carbocycles. The van der Waals surface area contributed by atoms with Gasteiger partial charge in [0.25, 0.3) is 0 Å². The minimum atomic E-state index is -0.300. The lowest BCUT2D eigenvalue weighted by Crippen LogP contribution is -2.50. The first-order chi connectivity index (χ1) is 14.5. The third-order valence-electron chi connectivity index (χ3n) is 9.09. The summed E-state index contributed by atoms with van der Waals surface area (Å²) in [7, 11) is 1.63. The molecule has 0 bridgehead atoms. The van der Waals surface area contributed by atoms with Crippen molar-refractivity contribution in [2.75, 3.05) is 7.05 Å². The number of pyridine rings is 1. The van der Waals surface area contributed by atoms with Crippen LogP contribution in [0.1, 0.15) is 64.4 Å². The van der Waals surface area contributed by atoms with Crippen LogP contribution in [0.2, 0.25) is 0 Å². The molecule has 6 atom stereocenters. The van der Waals surface area contributed by atoms with Crippen LogP contribution < -0.4 is 5.32 Å². The number of aromatic nitrogens is 1. The van der Waals surface area contributed by atoms with Gasteiger partial charge in [-0.2, -0.15) is 0 Å². The van der Waals surface area contributed by atoms with E-state index in [0.717, 1.165) is 37.0 Å². The quantitative estimate of drug-likeness (QED) is 0.635. The van der Waals surface area contributed by atoms with Crippen molar-refractivity contribution in [3.05, 3.63) is 47.8 Å². The van der Waals surface area contributed by atoms with Crippen LogP contribution in [0.25, 0.3) is 5.57 Å². The molecule has 0 radical (unpaired) electrons. The van der Waals surface area contributed by atoms with Crippen LogP contribution in [0.4, 0.5) is 4.79 Å². The predicted molar refractivity (Wildman–Crippen MR) is 119 cm³/mol. The van der Waals surface area contributed by atoms with Crippen LogP contribution in [0.15, 0.2) is 42.3 Å². The molecule has 4 aliphatic carbocycles. The van der Waals surface area contributed by atoms with Crippen molar-refractivity contribution in [2.24, 2.45) is 28.6 Å². The monoisotopic (exact) mass is 406 g/mol. The Labute approximate surface area is 180 Å². The van der Waals surface area contributed by atoms with Gasteiger partial charge in [-0.3, -0.25) is 4.98 Å². The van der Waals surface area contributed by atoms with Crippen molar-refractivity contribution in [3.63, 3.8) is 0 Å². The third kappa shape index (κ3) is 2.94. The Balaban J connectivity index is 1.38. The van der Waals surface area contributed by atoms with Crippen LogP contribution in [-0.2, 0) is 4.74 Å². The molecule has 1 amide bonds. The molecule has 1 N–H and O–H groups in total. The van der Waals surface area contributed by atoms with E-state index in [1.54, 1.807) is 12.6 Å². The zero-order valence-corrected chi connectivity index (χ0v) is 18.5. The van der Waals surface area contributed by atoms with E-state index in [9.17, 15) is 4.79 Å². The molecule has 1 heterocycles. The fourth-order valence-electron chi connectivity index (χ4n) is 7.48. The molecule has 0 saturated heterocycles. The van der Waals surface area contributed by atoms with Crippen LogP contribution in [0.5, 0.6) is 0 Å². The van der Waals surface area contributed by atoms with Gasteiger partial charge in [0.05, 0.1) is 0 Å². The summed E-state index contributed by atoms with van der Waals surface area (Å²) in [6.07, 6.45) is 16.6. The Morgan fingerprint density at radius 3 is 2.73 bits per heavy atom. The summed E-state index contributed by atoms with van der Waals surface area (Å²) in [5, 5.41) is 2.60. The zero-order valence-electron chi connectivity index (χ0n) is 18.5. The lowest BCUT2D eigenvalue weighted by atomic mass is 9.47. The maximum absolute atomic E-state index is 11.7. The number of fused-ring (bicyclic) bond motifs is 5. The third-order valence-corrected chi connectivity index (χ3v) is 9.09. The largest absolute Gasteiger partial charge is 0.446 e. The van der Waals surface area contributed by atoms with Gasteiger partial charge in [0, 0.05) is 25.9 Å². The summed E-state index contributed by atoms with van der Waals surface area (Å²) in [6, 6.07) is 4.29. The topological polar surface area (TPSA) is 51.2 Å². The van der Waals surface area contributed by atoms with E-state index >= 15 is 0 Å². The maximum Gasteiger partial charge on any atom is 0.407 e. The van der Waals surface area contributed by atoms with E-state index in [-0.39, 0.29) is 23.0 Å². The predicted octanol–water partition coefficient (Wildman–Crippen LogP) is 5.76. The van der Waals surface area contributed by atoms with Crippen LogP contribution in [-0.4, -0.2) is 24.2 Å². The summed E-state index contributed by atoms with van der Waals surface area (Å²) >= 11 is 0. The summed E-state index contributed by atoms with van der Waals surface area (Å²) in [6.45, 7) is 5.01. The highest BCUT2D eigenvalue weighted by atomic mass is 16.6. The Morgan fingerprint density at radius 1 is 1.13 bits per heavy atom. The summed E-state index contributed by atoms with van der Waals surface area (Å²) in [4.78, 5) is 16.1. The first kappa shape index (κ1) is 19.8. The average molecular weight is 407 g/mol. The van der Waals surface area contributed by atoms with Crippen molar-refractivity contribution in [1.29, 1.82) is 0 Å². The zero-order chi connectivity index (χ0) is 20.9. The number of rotatable bonds is 2. The molecule has 2 saturated carbocycles. The van der Waals surface area contributed by atoms with Crippen molar-refractivity contribution in [3.8, 4) is 0 Å². The Morgan fingerprint density at radius 2 is 1.97 bits per heavy atom. The molecule has 2 fully saturated rings. The second-order valence-electron chi connectivity index (χ2n) is 10.3. The molecule has 0 spiro atoms. The number of nitrogens with one attached hydrogen (secondary N) is 1. The second-order valence-corrected chi connectivity index (χ2v) is 10.3. The minimum absolute atomic E-state index is 0.0278. The molecule has 30 heavy (non-hydrogen) atoms. The van der Waals surface area contributed by atoms with Crippen LogP contribution in [0.3, 0.4) is 0 Å². The molecule has 0 aliphatic heterocycles. The standard InChI is InChI=1S/C26H34N2O2/c1-25-12-10-19(30-24(29)27-3)15-18(25)6-7-20-22-9-8-21(17-5-4-14-28-16-17)26(22,2)13-11-23(20)25/h4-6,8,14,16,19-20,22-23H,7,9-13,15H2,1-3H3,(H,27,29). The highest BCUT2D eigenvalue weighted by Gasteiger charge is 2.57. The van der Waals surface area contributed by atoms with E-state index in [0.29, 0.717) is 0 Å². The first-order valence-corrected chi connectivity index (χ1v) is 11.6. The van der Waals surface area contributed by atoms with Crippen molar-refractivity contribution in [2.45, 2.75) is 64.9 Å². The van der Waals surface area contributed by atoms with Gasteiger partial charge in [0.15, 0.2) is 0 Å². The fourth-order valence-corrected chi connectivity index (χ4v) is 7.48. The van der Waals surface area contributed by atoms with Gasteiger partial charge in [-0.1, -0.05) is 37.6 Å². The number of carbonyl (C=O) groups is 1. The molecule has 1 aromatic heterocycles. The molecule has 5 rings (SSSR count). The van der Waals surface area contributed by atoms with E-state index < -0.39 is 0 Å². The number of ether oxygens (including phenoxy) is 1. The van der Waals surface area contributed by atoms with Gasteiger partial charge < -0.3 is 10.1 Å². The fraction of sp³-hybridized carbons (Fsp3) is 0.615. The minimum Gasteiger partial charge on any atom is -0.446 e. The van der Waals surface area contributed by atoms with Gasteiger partial charge in [-0.15, -0.1) is 0 Å². The molecule has 1 aromatic rings. The highest BCUT2D eigenvalue weighted by molar-refractivity contribution is 5.72. The van der Waals surface area contributed by atoms with Gasteiger partial charge in [0.1, 0.15) is 6.10 Å². The number of alkyl carbamates (subject to hydrolysis) is 1. The van der Waals surface area contributed by atoms with E-state index in [1.165, 1.54) is 36.8 Å². The Hall–Kier alpha value is -2.10. The van der Waals surface area contributed by atoms with E-state index in [2.05, 4.69) is 48.4 Å². The highest BCUT2D eigenvalue weighted by Crippen LogP contribution is 2.66. The Bertz CT molecular complexity index is 892. The number of allylic oxidation sites excluding steroid dienone is 3. The summed E-state index contributed by atoms with van der Waals surface area (Å²) in [5.74, 6) is 2.22. The number of amides is 1. The molecular formula is C26H34N2O2. The van der Waals surface area contributed by atoms with Crippen LogP contribution in [0, 0.1) is 28.6 Å². The second kappa shape index (κ2) is 7.25. The number of nitrogens with zero attached hydrogens (tertiary/aromatic N) is 1. The number of hydrogen-bond acceptors (Lipinski definition) is 3. The van der Waals surface area contributed by atoms with Gasteiger partial charge in [-0.25, -0.2) is 4.79 Å². The van der Waals surface area contributed by atoms with Gasteiger partial charge >= 0.3 is 6.09 Å². The van der Waals surface area contributed by atoms with Crippen molar-refractivity contribution < 1.29 is 9.53 Å². The first-order valence-electron chi connectivity index (χ1n) is 11.6. The smallest absolute Gasteiger partial charge is 0.407 e. The summed E-state index contributed by atoms with van der Waals surface area (Å²) < 4.78 is 5.61. The molecule has 4 nitrogen and oxygen atoms in total. The lowest BCUT2D eigenvalue weighted by molar-refractivity contribution is -0.0261. The molecule has 4 aliphatic rings. The molecule has 4 heteroatoms. The molecule has 160 valence electrons. The maximum atomic E-state index is 11.7. The van der Waals surface area contributed by atoms with Crippen molar-refractivity contribution >= 4 is 11.7 Å². The average Bonchev–Trinajstić information content (AvgIpc) is 3.11.